The van der Waals surface area contributed by atoms with E-state index in [0.29, 0.717) is 30.9 Å². The lowest BCUT2D eigenvalue weighted by Gasteiger charge is -2.28. The van der Waals surface area contributed by atoms with E-state index >= 15 is 0 Å². The topological polar surface area (TPSA) is 59.4 Å². The number of nitrogens with one attached hydrogen (secondary N) is 1. The van der Waals surface area contributed by atoms with E-state index in [1.807, 2.05) is 0 Å². The zero-order chi connectivity index (χ0) is 16.1. The second kappa shape index (κ2) is 4.83. The van der Waals surface area contributed by atoms with Gasteiger partial charge in [-0.3, -0.25) is 9.36 Å². The highest BCUT2D eigenvalue weighted by Gasteiger charge is 2.55. The number of nitrogens with zero attached hydrogens (tertiary/aromatic N) is 3. The predicted octanol–water partition coefficient (Wildman–Crippen LogP) is 0.965. The molecule has 1 atom stereocenters. The molecule has 10 heteroatoms. The van der Waals surface area contributed by atoms with E-state index < -0.39 is 29.6 Å². The van der Waals surface area contributed by atoms with Gasteiger partial charge in [-0.05, 0) is 6.92 Å². The quantitative estimate of drug-likeness (QED) is 0.781. The Morgan fingerprint density at radius 3 is 2.55 bits per heavy atom. The molecule has 3 heterocycles. The van der Waals surface area contributed by atoms with E-state index in [4.69, 9.17) is 4.74 Å². The Morgan fingerprint density at radius 1 is 1.32 bits per heavy atom. The fourth-order valence-electron chi connectivity index (χ4n) is 2.51. The van der Waals surface area contributed by atoms with E-state index in [1.165, 1.54) is 4.90 Å². The Bertz CT molecular complexity index is 654. The van der Waals surface area contributed by atoms with E-state index in [9.17, 15) is 22.4 Å². The van der Waals surface area contributed by atoms with Crippen LogP contribution < -0.4 is 15.8 Å². The highest BCUT2D eigenvalue weighted by atomic mass is 19.4. The molecule has 6 nitrogen and oxygen atoms in total. The van der Waals surface area contributed by atoms with Crippen molar-refractivity contribution in [3.05, 3.63) is 16.2 Å². The molecule has 0 aromatic carbocycles. The molecule has 1 N–H and O–H groups in total. The van der Waals surface area contributed by atoms with Crippen molar-refractivity contribution in [1.82, 2.24) is 9.55 Å². The van der Waals surface area contributed by atoms with Crippen molar-refractivity contribution in [2.75, 3.05) is 36.5 Å². The van der Waals surface area contributed by atoms with Crippen LogP contribution in [0.1, 0.15) is 6.92 Å². The highest BCUT2D eigenvalue weighted by molar-refractivity contribution is 5.48. The molecule has 0 spiro atoms. The summed E-state index contributed by atoms with van der Waals surface area (Å²) in [5.41, 5.74) is -3.45. The third-order valence-electron chi connectivity index (χ3n) is 3.90. The minimum Gasteiger partial charge on any atom is -0.378 e. The maximum atomic E-state index is 14.2. The number of hydrogen-bond donors (Lipinski definition) is 1. The number of ether oxygens (including phenoxy) is 1. The summed E-state index contributed by atoms with van der Waals surface area (Å²) in [6, 6.07) is 0. The van der Waals surface area contributed by atoms with Gasteiger partial charge in [-0.2, -0.15) is 22.5 Å². The average molecular weight is 322 g/mol. The number of halogens is 4. The van der Waals surface area contributed by atoms with Crippen LogP contribution in [-0.2, 0) is 11.3 Å². The van der Waals surface area contributed by atoms with E-state index in [2.05, 4.69) is 10.3 Å². The molecule has 0 radical (unpaired) electrons. The van der Waals surface area contributed by atoms with Crippen LogP contribution in [-0.4, -0.2) is 47.6 Å². The first kappa shape index (κ1) is 15.1. The summed E-state index contributed by atoms with van der Waals surface area (Å²) in [5, 5.41) is 2.20. The fraction of sp³-hybridized carbons (Fsp3) is 0.667. The molecule has 122 valence electrons. The van der Waals surface area contributed by atoms with Gasteiger partial charge in [0.15, 0.2) is 11.4 Å². The minimum atomic E-state index is -4.59. The molecular weight excluding hydrogens is 308 g/mol. The largest absolute Gasteiger partial charge is 0.412 e. The van der Waals surface area contributed by atoms with Gasteiger partial charge in [0.1, 0.15) is 0 Å². The molecule has 0 amide bonds. The Hall–Kier alpha value is -1.84. The Kier molecular flexibility index (Phi) is 3.31. The van der Waals surface area contributed by atoms with E-state index in [0.717, 1.165) is 6.92 Å². The summed E-state index contributed by atoms with van der Waals surface area (Å²) >= 11 is 0. The number of fused-ring (bicyclic) bond motifs is 1. The summed E-state index contributed by atoms with van der Waals surface area (Å²) in [7, 11) is 0. The second-order valence-corrected chi connectivity index (χ2v) is 5.52. The molecule has 1 saturated heterocycles. The molecule has 2 aliphatic rings. The van der Waals surface area contributed by atoms with Crippen molar-refractivity contribution in [2.45, 2.75) is 25.2 Å². The zero-order valence-electron chi connectivity index (χ0n) is 11.7. The minimum absolute atomic E-state index is 0.238. The highest BCUT2D eigenvalue weighted by Crippen LogP contribution is 2.38. The smallest absolute Gasteiger partial charge is 0.378 e. The summed E-state index contributed by atoms with van der Waals surface area (Å²) in [6.45, 7) is 1.53. The normalized spacial score (nSPS) is 25.0. The molecular formula is C12H14F4N4O2. The molecule has 1 fully saturated rings. The lowest BCUT2D eigenvalue weighted by molar-refractivity contribution is -0.174. The monoisotopic (exact) mass is 322 g/mol. The maximum absolute atomic E-state index is 14.2. The zero-order valence-corrected chi connectivity index (χ0v) is 11.7. The lowest BCUT2D eigenvalue weighted by atomic mass is 10.0. The van der Waals surface area contributed by atoms with Gasteiger partial charge in [-0.25, -0.2) is 0 Å². The van der Waals surface area contributed by atoms with Gasteiger partial charge in [0.2, 0.25) is 11.8 Å². The molecule has 0 saturated carbocycles. The third kappa shape index (κ3) is 2.21. The van der Waals surface area contributed by atoms with Crippen molar-refractivity contribution < 1.29 is 22.3 Å². The van der Waals surface area contributed by atoms with Crippen molar-refractivity contribution in [3.63, 3.8) is 0 Å². The average Bonchev–Trinajstić information content (AvgIpc) is 2.82. The lowest BCUT2D eigenvalue weighted by Crippen LogP contribution is -2.48. The summed E-state index contributed by atoms with van der Waals surface area (Å²) in [6.07, 6.45) is -4.59. The standard InChI is InChI=1S/C12H14F4N4O2/c1-11(12(14,15)16)6-20-9(21)7(13)8(17-10(20)18-11)19-2-4-22-5-3-19/h2-6H2,1H3,(H,17,18). The molecule has 1 aromatic heterocycles. The van der Waals surface area contributed by atoms with Crippen LogP contribution in [0.5, 0.6) is 0 Å². The Morgan fingerprint density at radius 2 is 1.95 bits per heavy atom. The van der Waals surface area contributed by atoms with Gasteiger partial charge in [0.05, 0.1) is 19.8 Å². The van der Waals surface area contributed by atoms with Crippen LogP contribution >= 0.6 is 0 Å². The number of aromatic nitrogens is 2. The van der Waals surface area contributed by atoms with Gasteiger partial charge in [0, 0.05) is 13.1 Å². The molecule has 0 aliphatic carbocycles. The Labute approximate surface area is 122 Å². The van der Waals surface area contributed by atoms with Crippen molar-refractivity contribution in [2.24, 2.45) is 0 Å². The van der Waals surface area contributed by atoms with Gasteiger partial charge in [0.25, 0.3) is 5.56 Å². The van der Waals surface area contributed by atoms with E-state index in [-0.39, 0.29) is 11.8 Å². The van der Waals surface area contributed by atoms with Crippen molar-refractivity contribution in [3.8, 4) is 0 Å². The molecule has 22 heavy (non-hydrogen) atoms. The number of alkyl halides is 3. The van der Waals surface area contributed by atoms with Crippen LogP contribution in [0.4, 0.5) is 29.3 Å². The van der Waals surface area contributed by atoms with Crippen LogP contribution in [0.2, 0.25) is 0 Å². The Balaban J connectivity index is 2.02. The van der Waals surface area contributed by atoms with E-state index in [1.54, 1.807) is 0 Å². The van der Waals surface area contributed by atoms with Gasteiger partial charge in [-0.1, -0.05) is 0 Å². The molecule has 3 rings (SSSR count). The molecule has 0 bridgehead atoms. The van der Waals surface area contributed by atoms with Crippen LogP contribution in [0.3, 0.4) is 0 Å². The number of hydrogen-bond acceptors (Lipinski definition) is 5. The van der Waals surface area contributed by atoms with Gasteiger partial charge in [-0.15, -0.1) is 0 Å². The molecule has 2 aliphatic heterocycles. The SMILES string of the molecule is CC1(C(F)(F)F)Cn2c(nc(N3CCOCC3)c(F)c2=O)N1. The fourth-order valence-corrected chi connectivity index (χ4v) is 2.51. The first-order valence-corrected chi connectivity index (χ1v) is 6.71. The summed E-state index contributed by atoms with van der Waals surface area (Å²) < 4.78 is 59.2. The third-order valence-corrected chi connectivity index (χ3v) is 3.90. The van der Waals surface area contributed by atoms with Crippen LogP contribution in [0, 0.1) is 5.82 Å². The number of rotatable bonds is 1. The molecule has 1 aromatic rings. The maximum Gasteiger partial charge on any atom is 0.412 e. The second-order valence-electron chi connectivity index (χ2n) is 5.52. The first-order chi connectivity index (χ1) is 10.2. The van der Waals surface area contributed by atoms with Gasteiger partial charge < -0.3 is 15.0 Å². The van der Waals surface area contributed by atoms with Gasteiger partial charge >= 0.3 is 6.18 Å². The number of morpholine rings is 1. The number of anilines is 2. The first-order valence-electron chi connectivity index (χ1n) is 6.71. The van der Waals surface area contributed by atoms with Crippen molar-refractivity contribution in [1.29, 1.82) is 0 Å². The summed E-state index contributed by atoms with van der Waals surface area (Å²) in [5.74, 6) is -1.65. The van der Waals surface area contributed by atoms with Crippen molar-refractivity contribution >= 4 is 11.8 Å². The summed E-state index contributed by atoms with van der Waals surface area (Å²) in [4.78, 5) is 17.4. The van der Waals surface area contributed by atoms with Crippen LogP contribution in [0.25, 0.3) is 0 Å². The predicted molar refractivity (Wildman–Crippen MR) is 69.6 cm³/mol. The molecule has 1 unspecified atom stereocenters. The van der Waals surface area contributed by atoms with Crippen LogP contribution in [0.15, 0.2) is 4.79 Å².